The summed E-state index contributed by atoms with van der Waals surface area (Å²) < 4.78 is 0. The molecule has 1 aromatic carbocycles. The lowest BCUT2D eigenvalue weighted by Crippen LogP contribution is -2.34. The third-order valence-electron chi connectivity index (χ3n) is 5.75. The first kappa shape index (κ1) is 36.2. The molecule has 0 aliphatic rings. The second-order valence-corrected chi connectivity index (χ2v) is 10.5. The highest BCUT2D eigenvalue weighted by atomic mass is 14.7. The molecule has 0 radical (unpaired) electrons. The van der Waals surface area contributed by atoms with Crippen molar-refractivity contribution in [1.29, 1.82) is 0 Å². The van der Waals surface area contributed by atoms with E-state index >= 15 is 0 Å². The molecule has 0 saturated carbocycles. The van der Waals surface area contributed by atoms with Crippen LogP contribution >= 0.6 is 0 Å². The summed E-state index contributed by atoms with van der Waals surface area (Å²) in [5, 5.41) is 0. The molecule has 1 aromatic rings. The van der Waals surface area contributed by atoms with E-state index in [9.17, 15) is 0 Å². The zero-order valence-electron chi connectivity index (χ0n) is 24.8. The van der Waals surface area contributed by atoms with E-state index in [1.54, 1.807) is 0 Å². The van der Waals surface area contributed by atoms with Crippen LogP contribution in [-0.4, -0.2) is 0 Å². The third kappa shape index (κ3) is 17.8. The minimum Gasteiger partial charge on any atom is -0.322 e. The summed E-state index contributed by atoms with van der Waals surface area (Å²) in [6, 6.07) is 8.81. The van der Waals surface area contributed by atoms with E-state index in [-0.39, 0.29) is 11.0 Å². The lowest BCUT2D eigenvalue weighted by molar-refractivity contribution is 0.400. The molecule has 0 amide bonds. The van der Waals surface area contributed by atoms with Crippen LogP contribution in [-0.2, 0) is 11.0 Å². The SMILES string of the molecule is C=C.CC.CC(C)=CC(C)CC(C)(N)c1ccc(C(C)(C)C)cc1.CCCC(CC)CCC. The van der Waals surface area contributed by atoms with Crippen molar-refractivity contribution in [3.8, 4) is 0 Å². The Bertz CT molecular complexity index is 576. The summed E-state index contributed by atoms with van der Waals surface area (Å²) in [4.78, 5) is 0. The zero-order valence-corrected chi connectivity index (χ0v) is 24.8. The molecule has 0 saturated heterocycles. The maximum Gasteiger partial charge on any atom is 0.0386 e. The fraction of sp³-hybridized carbons (Fsp3) is 0.688. The molecule has 0 fully saturated rings. The van der Waals surface area contributed by atoms with E-state index in [0.717, 1.165) is 12.3 Å². The van der Waals surface area contributed by atoms with E-state index in [2.05, 4.69) is 113 Å². The largest absolute Gasteiger partial charge is 0.322 e. The normalized spacial score (nSPS) is 13.2. The van der Waals surface area contributed by atoms with Crippen LogP contribution in [0.5, 0.6) is 0 Å². The zero-order chi connectivity index (χ0) is 26.7. The Labute approximate surface area is 210 Å². The molecule has 1 heteroatoms. The first-order valence-corrected chi connectivity index (χ1v) is 13.4. The molecule has 0 aliphatic heterocycles. The molecule has 2 atom stereocenters. The van der Waals surface area contributed by atoms with E-state index in [1.165, 1.54) is 48.8 Å². The summed E-state index contributed by atoms with van der Waals surface area (Å²) in [5.74, 6) is 1.51. The molecular formula is C32H61N. The van der Waals surface area contributed by atoms with Gasteiger partial charge in [0.15, 0.2) is 0 Å². The van der Waals surface area contributed by atoms with Crippen LogP contribution in [0.2, 0.25) is 0 Å². The smallest absolute Gasteiger partial charge is 0.0386 e. The van der Waals surface area contributed by atoms with Crippen molar-refractivity contribution in [1.82, 2.24) is 0 Å². The van der Waals surface area contributed by atoms with Gasteiger partial charge in [0.05, 0.1) is 0 Å². The molecule has 0 aliphatic carbocycles. The molecular weight excluding hydrogens is 398 g/mol. The van der Waals surface area contributed by atoms with Gasteiger partial charge in [0.25, 0.3) is 0 Å². The molecule has 0 bridgehead atoms. The molecule has 0 aromatic heterocycles. The average molecular weight is 460 g/mol. The standard InChI is InChI=1S/C19H31N.C9H20.C2H6.C2H4/c1-14(2)12-15(3)13-19(7,20)17-10-8-16(9-11-17)18(4,5)6;1-4-7-9(6-3)8-5-2;2*1-2/h8-12,15H,13,20H2,1-7H3;9H,4-8H2,1-3H3;1-2H3;1-2H2. The Kier molecular flexibility index (Phi) is 22.0. The van der Waals surface area contributed by atoms with Crippen LogP contribution < -0.4 is 5.73 Å². The molecule has 194 valence electrons. The van der Waals surface area contributed by atoms with Crippen LogP contribution in [0.1, 0.15) is 133 Å². The minimum atomic E-state index is -0.276. The van der Waals surface area contributed by atoms with Gasteiger partial charge in [-0.1, -0.05) is 130 Å². The van der Waals surface area contributed by atoms with Crippen LogP contribution in [0, 0.1) is 11.8 Å². The first-order valence-electron chi connectivity index (χ1n) is 13.4. The highest BCUT2D eigenvalue weighted by Gasteiger charge is 2.24. The van der Waals surface area contributed by atoms with Crippen LogP contribution in [0.4, 0.5) is 0 Å². The van der Waals surface area contributed by atoms with E-state index in [4.69, 9.17) is 5.73 Å². The topological polar surface area (TPSA) is 26.0 Å². The number of rotatable bonds is 9. The van der Waals surface area contributed by atoms with Gasteiger partial charge in [0, 0.05) is 5.54 Å². The van der Waals surface area contributed by atoms with Crippen LogP contribution in [0.3, 0.4) is 0 Å². The summed E-state index contributed by atoms with van der Waals surface area (Å²) in [5.41, 5.74) is 10.4. The monoisotopic (exact) mass is 459 g/mol. The average Bonchev–Trinajstić information content (AvgIpc) is 2.75. The lowest BCUT2D eigenvalue weighted by Gasteiger charge is -2.29. The van der Waals surface area contributed by atoms with Gasteiger partial charge in [-0.05, 0) is 55.6 Å². The van der Waals surface area contributed by atoms with Crippen molar-refractivity contribution in [2.45, 2.75) is 133 Å². The first-order chi connectivity index (χ1) is 15.4. The van der Waals surface area contributed by atoms with E-state index < -0.39 is 0 Å². The number of nitrogens with two attached hydrogens (primary N) is 1. The fourth-order valence-corrected chi connectivity index (χ4v) is 4.13. The van der Waals surface area contributed by atoms with E-state index in [0.29, 0.717) is 5.92 Å². The molecule has 2 unspecified atom stereocenters. The van der Waals surface area contributed by atoms with Gasteiger partial charge >= 0.3 is 0 Å². The van der Waals surface area contributed by atoms with Gasteiger partial charge in [-0.3, -0.25) is 0 Å². The highest BCUT2D eigenvalue weighted by molar-refractivity contribution is 5.31. The summed E-state index contributed by atoms with van der Waals surface area (Å²) in [7, 11) is 0. The second-order valence-electron chi connectivity index (χ2n) is 10.5. The van der Waals surface area contributed by atoms with Gasteiger partial charge < -0.3 is 5.73 Å². The Morgan fingerprint density at radius 1 is 0.879 bits per heavy atom. The summed E-state index contributed by atoms with van der Waals surface area (Å²) in [6.45, 7) is 32.2. The van der Waals surface area contributed by atoms with Gasteiger partial charge in [-0.25, -0.2) is 0 Å². The van der Waals surface area contributed by atoms with Crippen molar-refractivity contribution in [2.24, 2.45) is 17.6 Å². The quantitative estimate of drug-likeness (QED) is 0.365. The van der Waals surface area contributed by atoms with Crippen molar-refractivity contribution in [3.05, 3.63) is 60.2 Å². The predicted octanol–water partition coefficient (Wildman–Crippen LogP) is 10.6. The number of benzene rings is 1. The van der Waals surface area contributed by atoms with Gasteiger partial charge in [0.2, 0.25) is 0 Å². The van der Waals surface area contributed by atoms with Crippen LogP contribution in [0.25, 0.3) is 0 Å². The molecule has 0 spiro atoms. The number of hydrogen-bond acceptors (Lipinski definition) is 1. The summed E-state index contributed by atoms with van der Waals surface area (Å²) in [6.07, 6.45) is 10.2. The Morgan fingerprint density at radius 3 is 1.58 bits per heavy atom. The molecule has 1 nitrogen and oxygen atoms in total. The molecule has 1 rings (SSSR count). The Balaban J connectivity index is -0.000000581. The number of hydrogen-bond donors (Lipinski definition) is 1. The minimum absolute atomic E-state index is 0.193. The Morgan fingerprint density at radius 2 is 1.27 bits per heavy atom. The van der Waals surface area contributed by atoms with E-state index in [1.807, 2.05) is 13.8 Å². The maximum absolute atomic E-state index is 6.54. The van der Waals surface area contributed by atoms with Gasteiger partial charge in [-0.15, -0.1) is 13.2 Å². The lowest BCUT2D eigenvalue weighted by atomic mass is 9.81. The Hall–Kier alpha value is -1.34. The fourth-order valence-electron chi connectivity index (χ4n) is 4.13. The molecule has 33 heavy (non-hydrogen) atoms. The molecule has 2 N–H and O–H groups in total. The maximum atomic E-state index is 6.54. The predicted molar refractivity (Wildman–Crippen MR) is 156 cm³/mol. The third-order valence-corrected chi connectivity index (χ3v) is 5.75. The summed E-state index contributed by atoms with van der Waals surface area (Å²) >= 11 is 0. The number of allylic oxidation sites excluding steroid dienone is 2. The second kappa shape index (κ2) is 20.1. The van der Waals surface area contributed by atoms with Gasteiger partial charge in [-0.2, -0.15) is 0 Å². The van der Waals surface area contributed by atoms with Crippen LogP contribution in [0.15, 0.2) is 49.1 Å². The van der Waals surface area contributed by atoms with Crippen molar-refractivity contribution in [3.63, 3.8) is 0 Å². The van der Waals surface area contributed by atoms with Crippen molar-refractivity contribution in [2.75, 3.05) is 0 Å². The molecule has 0 heterocycles. The van der Waals surface area contributed by atoms with Crippen molar-refractivity contribution >= 4 is 0 Å². The van der Waals surface area contributed by atoms with Gasteiger partial charge in [0.1, 0.15) is 0 Å². The van der Waals surface area contributed by atoms with Crippen molar-refractivity contribution < 1.29 is 0 Å². The highest BCUT2D eigenvalue weighted by Crippen LogP contribution is 2.29.